The predicted molar refractivity (Wildman–Crippen MR) is 64.5 cm³/mol. The summed E-state index contributed by atoms with van der Waals surface area (Å²) in [7, 11) is -1.24. The fraction of sp³-hybridized carbons (Fsp3) is 1.00. The molecule has 98 valence electrons. The third-order valence-corrected chi connectivity index (χ3v) is 3.03. The Morgan fingerprint density at radius 2 is 1.94 bits per heavy atom. The lowest BCUT2D eigenvalue weighted by molar-refractivity contribution is 0.103. The number of hydrogen-bond donors (Lipinski definition) is 1. The molecule has 0 aliphatic rings. The zero-order valence-electron chi connectivity index (χ0n) is 10.4. The monoisotopic (exact) mass is 253 g/mol. The molecule has 0 aromatic carbocycles. The minimum absolute atomic E-state index is 0.0300. The van der Waals surface area contributed by atoms with E-state index in [-0.39, 0.29) is 11.8 Å². The van der Waals surface area contributed by atoms with Crippen LogP contribution in [0.4, 0.5) is 0 Å². The van der Waals surface area contributed by atoms with Gasteiger partial charge in [-0.25, -0.2) is 8.42 Å². The highest BCUT2D eigenvalue weighted by molar-refractivity contribution is 7.90. The van der Waals surface area contributed by atoms with Crippen LogP contribution in [0, 0.1) is 0 Å². The van der Waals surface area contributed by atoms with Crippen LogP contribution in [0.1, 0.15) is 13.3 Å². The molecule has 0 heterocycles. The summed E-state index contributed by atoms with van der Waals surface area (Å²) in [4.78, 5) is 0. The summed E-state index contributed by atoms with van der Waals surface area (Å²) in [6, 6.07) is -0.0300. The summed E-state index contributed by atoms with van der Waals surface area (Å²) < 4.78 is 32.1. The van der Waals surface area contributed by atoms with Crippen LogP contribution in [0.5, 0.6) is 0 Å². The fourth-order valence-electron chi connectivity index (χ4n) is 1.30. The minimum Gasteiger partial charge on any atom is -0.385 e. The molecule has 0 amide bonds. The number of methoxy groups -OCH3 is 1. The maximum atomic E-state index is 11.0. The second kappa shape index (κ2) is 8.92. The van der Waals surface area contributed by atoms with E-state index in [0.29, 0.717) is 26.4 Å². The molecule has 1 atom stereocenters. The molecule has 0 rings (SSSR count). The summed E-state index contributed by atoms with van der Waals surface area (Å²) in [6.45, 7) is 4.50. The SMILES string of the molecule is COCCCOCCNC(C)CS(C)(=O)=O. The van der Waals surface area contributed by atoms with E-state index in [9.17, 15) is 8.42 Å². The molecule has 1 N–H and O–H groups in total. The van der Waals surface area contributed by atoms with Crippen molar-refractivity contribution in [1.29, 1.82) is 0 Å². The molecule has 0 saturated heterocycles. The van der Waals surface area contributed by atoms with Crippen molar-refractivity contribution in [2.24, 2.45) is 0 Å². The molecule has 16 heavy (non-hydrogen) atoms. The van der Waals surface area contributed by atoms with Gasteiger partial charge in [0, 0.05) is 39.2 Å². The molecule has 0 saturated carbocycles. The van der Waals surface area contributed by atoms with Gasteiger partial charge in [-0.3, -0.25) is 0 Å². The number of sulfone groups is 1. The quantitative estimate of drug-likeness (QED) is 0.558. The lowest BCUT2D eigenvalue weighted by Crippen LogP contribution is -2.34. The Balaban J connectivity index is 3.31. The average molecular weight is 253 g/mol. The normalized spacial score (nSPS) is 13.9. The Morgan fingerprint density at radius 1 is 1.25 bits per heavy atom. The largest absolute Gasteiger partial charge is 0.385 e. The molecule has 0 aliphatic heterocycles. The van der Waals surface area contributed by atoms with Gasteiger partial charge < -0.3 is 14.8 Å². The molecule has 0 aliphatic carbocycles. The third-order valence-electron chi connectivity index (χ3n) is 1.93. The van der Waals surface area contributed by atoms with Crippen molar-refractivity contribution in [1.82, 2.24) is 5.32 Å². The highest BCUT2D eigenvalue weighted by atomic mass is 32.2. The first-order valence-electron chi connectivity index (χ1n) is 5.43. The standard InChI is InChI=1S/C10H23NO4S/c1-10(9-16(3,12)13)11-5-8-15-7-4-6-14-2/h10-11H,4-9H2,1-3H3. The Labute approximate surface area is 98.4 Å². The van der Waals surface area contributed by atoms with Crippen molar-refractivity contribution in [2.45, 2.75) is 19.4 Å². The molecule has 0 spiro atoms. The molecule has 5 nitrogen and oxygen atoms in total. The van der Waals surface area contributed by atoms with E-state index in [4.69, 9.17) is 9.47 Å². The molecule has 0 aromatic heterocycles. The lowest BCUT2D eigenvalue weighted by atomic mass is 10.4. The summed E-state index contributed by atoms with van der Waals surface area (Å²) >= 11 is 0. The Hall–Kier alpha value is -0.170. The van der Waals surface area contributed by atoms with E-state index < -0.39 is 9.84 Å². The van der Waals surface area contributed by atoms with Gasteiger partial charge >= 0.3 is 0 Å². The van der Waals surface area contributed by atoms with Crippen LogP contribution in [0.3, 0.4) is 0 Å². The first kappa shape index (κ1) is 15.8. The van der Waals surface area contributed by atoms with E-state index in [1.807, 2.05) is 6.92 Å². The van der Waals surface area contributed by atoms with Gasteiger partial charge in [-0.2, -0.15) is 0 Å². The topological polar surface area (TPSA) is 64.6 Å². The number of hydrogen-bond acceptors (Lipinski definition) is 5. The maximum Gasteiger partial charge on any atom is 0.148 e. The average Bonchev–Trinajstić information content (AvgIpc) is 2.13. The van der Waals surface area contributed by atoms with Crippen LogP contribution >= 0.6 is 0 Å². The molecular weight excluding hydrogens is 230 g/mol. The lowest BCUT2D eigenvalue weighted by Gasteiger charge is -2.12. The summed E-state index contributed by atoms with van der Waals surface area (Å²) in [5, 5.41) is 3.09. The van der Waals surface area contributed by atoms with Crippen molar-refractivity contribution in [3.63, 3.8) is 0 Å². The Kier molecular flexibility index (Phi) is 8.83. The van der Waals surface area contributed by atoms with Crippen molar-refractivity contribution in [2.75, 3.05) is 45.5 Å². The van der Waals surface area contributed by atoms with E-state index in [2.05, 4.69) is 5.32 Å². The maximum absolute atomic E-state index is 11.0. The molecule has 1 unspecified atom stereocenters. The summed E-state index contributed by atoms with van der Waals surface area (Å²) in [5.41, 5.74) is 0. The van der Waals surface area contributed by atoms with Gasteiger partial charge in [0.2, 0.25) is 0 Å². The van der Waals surface area contributed by atoms with E-state index in [1.54, 1.807) is 7.11 Å². The van der Waals surface area contributed by atoms with E-state index in [1.165, 1.54) is 6.26 Å². The van der Waals surface area contributed by atoms with Crippen molar-refractivity contribution in [3.05, 3.63) is 0 Å². The first-order valence-corrected chi connectivity index (χ1v) is 7.49. The van der Waals surface area contributed by atoms with Crippen molar-refractivity contribution < 1.29 is 17.9 Å². The van der Waals surface area contributed by atoms with Gasteiger partial charge in [0.25, 0.3) is 0 Å². The summed E-state index contributed by atoms with van der Waals surface area (Å²) in [6.07, 6.45) is 2.13. The van der Waals surface area contributed by atoms with Crippen LogP contribution in [-0.2, 0) is 19.3 Å². The zero-order chi connectivity index (χ0) is 12.4. The van der Waals surface area contributed by atoms with Crippen LogP contribution in [0.2, 0.25) is 0 Å². The number of rotatable bonds is 10. The number of nitrogens with one attached hydrogen (secondary N) is 1. The number of ether oxygens (including phenoxy) is 2. The minimum atomic E-state index is -2.90. The van der Waals surface area contributed by atoms with Gasteiger partial charge in [0.1, 0.15) is 9.84 Å². The van der Waals surface area contributed by atoms with Crippen LogP contribution in [-0.4, -0.2) is 59.9 Å². The predicted octanol–water partition coefficient (Wildman–Crippen LogP) is 0.0622. The van der Waals surface area contributed by atoms with Crippen LogP contribution in [0.25, 0.3) is 0 Å². The van der Waals surface area contributed by atoms with E-state index >= 15 is 0 Å². The van der Waals surface area contributed by atoms with Crippen LogP contribution < -0.4 is 5.32 Å². The van der Waals surface area contributed by atoms with Gasteiger partial charge in [0.15, 0.2) is 0 Å². The van der Waals surface area contributed by atoms with Gasteiger partial charge in [-0.15, -0.1) is 0 Å². The molecule has 0 aromatic rings. The third kappa shape index (κ3) is 11.9. The first-order chi connectivity index (χ1) is 7.45. The molecule has 0 bridgehead atoms. The Morgan fingerprint density at radius 3 is 2.50 bits per heavy atom. The molecular formula is C10H23NO4S. The summed E-state index contributed by atoms with van der Waals surface area (Å²) in [5.74, 6) is 0.163. The van der Waals surface area contributed by atoms with Gasteiger partial charge in [-0.1, -0.05) is 0 Å². The highest BCUT2D eigenvalue weighted by Gasteiger charge is 2.08. The van der Waals surface area contributed by atoms with Crippen molar-refractivity contribution in [3.8, 4) is 0 Å². The second-order valence-corrected chi connectivity index (χ2v) is 6.09. The van der Waals surface area contributed by atoms with Crippen LogP contribution in [0.15, 0.2) is 0 Å². The molecule has 0 fully saturated rings. The zero-order valence-corrected chi connectivity index (χ0v) is 11.2. The molecule has 0 radical (unpaired) electrons. The van der Waals surface area contributed by atoms with Gasteiger partial charge in [-0.05, 0) is 13.3 Å². The van der Waals surface area contributed by atoms with E-state index in [0.717, 1.165) is 6.42 Å². The fourth-order valence-corrected chi connectivity index (χ4v) is 2.32. The van der Waals surface area contributed by atoms with Crippen molar-refractivity contribution >= 4 is 9.84 Å². The molecule has 6 heteroatoms. The Bertz CT molecular complexity index is 254. The van der Waals surface area contributed by atoms with Gasteiger partial charge in [0.05, 0.1) is 12.4 Å². The second-order valence-electron chi connectivity index (χ2n) is 3.91. The highest BCUT2D eigenvalue weighted by Crippen LogP contribution is 1.90. The smallest absolute Gasteiger partial charge is 0.148 e.